The predicted octanol–water partition coefficient (Wildman–Crippen LogP) is -0.101. The zero-order valence-electron chi connectivity index (χ0n) is 22.7. The van der Waals surface area contributed by atoms with E-state index in [-0.39, 0.29) is 42.7 Å². The summed E-state index contributed by atoms with van der Waals surface area (Å²) in [6.07, 6.45) is 0.869. The van der Waals surface area contributed by atoms with Crippen LogP contribution in [0.1, 0.15) is 70.8 Å². The lowest BCUT2D eigenvalue weighted by atomic mass is 9.96. The molecule has 0 saturated carbocycles. The average molecular weight is 577 g/mol. The van der Waals surface area contributed by atoms with Gasteiger partial charge in [-0.2, -0.15) is 0 Å². The number of ether oxygens (including phenoxy) is 3. The maximum absolute atomic E-state index is 13.2. The third kappa shape index (κ3) is 9.14. The molecule has 0 radical (unpaired) electrons. The van der Waals surface area contributed by atoms with E-state index >= 15 is 0 Å². The minimum Gasteiger partial charge on any atom is -0.481 e. The van der Waals surface area contributed by atoms with Crippen LogP contribution in [0.15, 0.2) is 18.2 Å². The molecule has 1 aromatic carbocycles. The summed E-state index contributed by atoms with van der Waals surface area (Å²) in [7, 11) is 0. The van der Waals surface area contributed by atoms with E-state index in [0.717, 1.165) is 4.90 Å². The van der Waals surface area contributed by atoms with Crippen molar-refractivity contribution >= 4 is 35.5 Å². The number of carbonyl (C=O) groups excluding carboxylic acids is 5. The van der Waals surface area contributed by atoms with Gasteiger partial charge in [0.15, 0.2) is 0 Å². The molecule has 2 heterocycles. The molecule has 1 saturated heterocycles. The van der Waals surface area contributed by atoms with E-state index in [9.17, 15) is 28.8 Å². The highest BCUT2D eigenvalue weighted by Crippen LogP contribution is 2.32. The average Bonchev–Trinajstić information content (AvgIpc) is 3.19. The van der Waals surface area contributed by atoms with E-state index < -0.39 is 41.7 Å². The second-order valence-electron chi connectivity index (χ2n) is 9.55. The molecule has 41 heavy (non-hydrogen) atoms. The molecule has 14 heteroatoms. The number of nitrogens with one attached hydrogen (secondary N) is 2. The molecule has 2 atom stereocenters. The zero-order chi connectivity index (χ0) is 29.8. The van der Waals surface area contributed by atoms with Crippen molar-refractivity contribution in [3.05, 3.63) is 34.9 Å². The second-order valence-corrected chi connectivity index (χ2v) is 9.55. The van der Waals surface area contributed by atoms with Crippen LogP contribution in [0, 0.1) is 0 Å². The first-order chi connectivity index (χ1) is 19.7. The summed E-state index contributed by atoms with van der Waals surface area (Å²) in [6.45, 7) is 2.53. The largest absolute Gasteiger partial charge is 0.481 e. The molecule has 5 N–H and O–H groups in total. The number of fused-ring (bicyclic) bond motifs is 1. The third-order valence-corrected chi connectivity index (χ3v) is 6.57. The van der Waals surface area contributed by atoms with Crippen molar-refractivity contribution in [1.29, 1.82) is 0 Å². The maximum atomic E-state index is 13.2. The summed E-state index contributed by atoms with van der Waals surface area (Å²) >= 11 is 0. The predicted molar refractivity (Wildman–Crippen MR) is 142 cm³/mol. The van der Waals surface area contributed by atoms with Gasteiger partial charge >= 0.3 is 5.97 Å². The Morgan fingerprint density at radius 3 is 2.37 bits per heavy atom. The Hall–Kier alpha value is -3.72. The first-order valence-corrected chi connectivity index (χ1v) is 13.5. The van der Waals surface area contributed by atoms with Gasteiger partial charge in [0.25, 0.3) is 11.8 Å². The smallest absolute Gasteiger partial charge is 0.303 e. The Morgan fingerprint density at radius 2 is 1.68 bits per heavy atom. The first-order valence-electron chi connectivity index (χ1n) is 13.5. The quantitative estimate of drug-likeness (QED) is 0.134. The minimum absolute atomic E-state index is 0.0435. The number of imide groups is 2. The van der Waals surface area contributed by atoms with E-state index in [1.54, 1.807) is 12.1 Å². The standard InChI is InChI=1S/C27H36N4O10/c28-19(9-12-40-14-16-41-15-13-39-11-2-10-29-21(32)7-8-23(34)35)17-3-1-4-18-24(17)27(38)31(26(18)37)20-5-6-22(33)30-25(20)36/h1,3-4,19-20H,2,5-16,28H2,(H,29,32)(H,34,35)(H,30,33,36). The van der Waals surface area contributed by atoms with Crippen LogP contribution in [0.5, 0.6) is 0 Å². The summed E-state index contributed by atoms with van der Waals surface area (Å²) in [5.74, 6) is -3.58. The number of piperidine rings is 1. The number of hydrogen-bond donors (Lipinski definition) is 4. The van der Waals surface area contributed by atoms with Crippen molar-refractivity contribution in [2.24, 2.45) is 5.73 Å². The molecular weight excluding hydrogens is 540 g/mol. The van der Waals surface area contributed by atoms with Crippen LogP contribution in [-0.2, 0) is 33.4 Å². The van der Waals surface area contributed by atoms with E-state index in [4.69, 9.17) is 25.1 Å². The van der Waals surface area contributed by atoms with Crippen LogP contribution < -0.4 is 16.4 Å². The van der Waals surface area contributed by atoms with Gasteiger partial charge in [0.1, 0.15) is 6.04 Å². The number of amides is 5. The molecule has 0 aromatic heterocycles. The zero-order valence-corrected chi connectivity index (χ0v) is 22.7. The number of rotatable bonds is 18. The van der Waals surface area contributed by atoms with Gasteiger partial charge in [-0.25, -0.2) is 0 Å². The number of hydrogen-bond acceptors (Lipinski definition) is 10. The normalized spacial score (nSPS) is 17.4. The highest BCUT2D eigenvalue weighted by Gasteiger charge is 2.45. The Labute approximate surface area is 236 Å². The molecule has 2 aliphatic heterocycles. The maximum Gasteiger partial charge on any atom is 0.303 e. The van der Waals surface area contributed by atoms with Crippen LogP contribution in [-0.4, -0.2) is 97.7 Å². The summed E-state index contributed by atoms with van der Waals surface area (Å²) in [6, 6.07) is 3.22. The molecule has 2 aliphatic rings. The van der Waals surface area contributed by atoms with Gasteiger partial charge in [-0.05, 0) is 30.9 Å². The van der Waals surface area contributed by atoms with Crippen LogP contribution in [0.2, 0.25) is 0 Å². The Bertz CT molecular complexity index is 1140. The van der Waals surface area contributed by atoms with Crippen molar-refractivity contribution in [3.63, 3.8) is 0 Å². The number of carbonyl (C=O) groups is 6. The summed E-state index contributed by atoms with van der Waals surface area (Å²) in [5, 5.41) is 13.3. The molecule has 224 valence electrons. The lowest BCUT2D eigenvalue weighted by Crippen LogP contribution is -2.54. The van der Waals surface area contributed by atoms with Crippen LogP contribution >= 0.6 is 0 Å². The molecule has 14 nitrogen and oxygen atoms in total. The van der Waals surface area contributed by atoms with Gasteiger partial charge in [0, 0.05) is 38.6 Å². The van der Waals surface area contributed by atoms with E-state index in [0.29, 0.717) is 64.6 Å². The van der Waals surface area contributed by atoms with Crippen molar-refractivity contribution in [3.8, 4) is 0 Å². The highest BCUT2D eigenvalue weighted by atomic mass is 16.5. The van der Waals surface area contributed by atoms with Gasteiger partial charge in [0.2, 0.25) is 17.7 Å². The Balaban J connectivity index is 1.29. The van der Waals surface area contributed by atoms with Crippen molar-refractivity contribution < 1.29 is 48.1 Å². The van der Waals surface area contributed by atoms with Crippen molar-refractivity contribution in [2.75, 3.05) is 46.2 Å². The van der Waals surface area contributed by atoms with Gasteiger partial charge in [-0.3, -0.25) is 39.0 Å². The number of aliphatic carboxylic acids is 1. The number of carboxylic acid groups (broad SMARTS) is 1. The SMILES string of the molecule is NC(CCOCCOCCOCCCNC(=O)CCC(=O)O)c1cccc2c1C(=O)N(C1CCC(=O)NC1=O)C2=O. The van der Waals surface area contributed by atoms with Gasteiger partial charge in [-0.1, -0.05) is 12.1 Å². The number of nitrogens with zero attached hydrogens (tertiary/aromatic N) is 1. The van der Waals surface area contributed by atoms with Crippen LogP contribution in [0.25, 0.3) is 0 Å². The lowest BCUT2D eigenvalue weighted by molar-refractivity contribution is -0.139. The van der Waals surface area contributed by atoms with Crippen LogP contribution in [0.3, 0.4) is 0 Å². The third-order valence-electron chi connectivity index (χ3n) is 6.57. The Morgan fingerprint density at radius 1 is 1.00 bits per heavy atom. The topological polar surface area (TPSA) is 204 Å². The summed E-state index contributed by atoms with van der Waals surface area (Å²) in [5.41, 5.74) is 7.20. The highest BCUT2D eigenvalue weighted by molar-refractivity contribution is 6.24. The molecule has 0 spiro atoms. The number of nitrogens with two attached hydrogens (primary N) is 1. The molecule has 0 bridgehead atoms. The van der Waals surface area contributed by atoms with Crippen LogP contribution in [0.4, 0.5) is 0 Å². The molecule has 1 fully saturated rings. The molecule has 5 amide bonds. The monoisotopic (exact) mass is 576 g/mol. The second kappa shape index (κ2) is 15.9. The van der Waals surface area contributed by atoms with E-state index in [1.165, 1.54) is 6.07 Å². The fourth-order valence-corrected chi connectivity index (χ4v) is 4.47. The van der Waals surface area contributed by atoms with Gasteiger partial charge in [0.05, 0.1) is 44.0 Å². The van der Waals surface area contributed by atoms with E-state index in [2.05, 4.69) is 10.6 Å². The summed E-state index contributed by atoms with van der Waals surface area (Å²) in [4.78, 5) is 72.7. The summed E-state index contributed by atoms with van der Waals surface area (Å²) < 4.78 is 16.4. The fraction of sp³-hybridized carbons (Fsp3) is 0.556. The molecule has 1 aromatic rings. The van der Waals surface area contributed by atoms with Gasteiger partial charge < -0.3 is 30.4 Å². The number of benzene rings is 1. The molecule has 2 unspecified atom stereocenters. The molecular formula is C27H36N4O10. The lowest BCUT2D eigenvalue weighted by Gasteiger charge is -2.28. The minimum atomic E-state index is -1.04. The fourth-order valence-electron chi connectivity index (χ4n) is 4.47. The Kier molecular flexibility index (Phi) is 12.3. The molecule has 0 aliphatic carbocycles. The van der Waals surface area contributed by atoms with Crippen molar-refractivity contribution in [1.82, 2.24) is 15.5 Å². The van der Waals surface area contributed by atoms with E-state index in [1.807, 2.05) is 0 Å². The first kappa shape index (κ1) is 31.8. The molecule has 3 rings (SSSR count). The van der Waals surface area contributed by atoms with Gasteiger partial charge in [-0.15, -0.1) is 0 Å². The van der Waals surface area contributed by atoms with Crippen molar-refractivity contribution in [2.45, 2.75) is 50.6 Å². The number of carboxylic acids is 1.